The standard InChI is InChI=1S/C21H29N3O3/c25-18-12-19(22-13-18)21(27)23-10-8-16(9-11-23)20(26)24(17-6-7-17)14-15-4-2-1-3-5-15/h1-5,16-19,22,25H,6-14H2. The monoisotopic (exact) mass is 371 g/mol. The normalized spacial score (nSPS) is 26.2. The lowest BCUT2D eigenvalue weighted by atomic mass is 9.94. The number of piperidine rings is 1. The van der Waals surface area contributed by atoms with Crippen LogP contribution in [-0.2, 0) is 16.1 Å². The van der Waals surface area contributed by atoms with Gasteiger partial charge in [-0.25, -0.2) is 0 Å². The minimum atomic E-state index is -0.428. The van der Waals surface area contributed by atoms with Crippen LogP contribution in [0.4, 0.5) is 0 Å². The Bertz CT molecular complexity index is 669. The van der Waals surface area contributed by atoms with Crippen molar-refractivity contribution >= 4 is 11.8 Å². The molecule has 2 atom stereocenters. The smallest absolute Gasteiger partial charge is 0.239 e. The molecule has 0 radical (unpaired) electrons. The molecule has 1 saturated carbocycles. The number of carbonyl (C=O) groups excluding carboxylic acids is 2. The summed E-state index contributed by atoms with van der Waals surface area (Å²) in [4.78, 5) is 29.6. The third-order valence-corrected chi connectivity index (χ3v) is 6.03. The summed E-state index contributed by atoms with van der Waals surface area (Å²) in [6.45, 7) is 2.44. The quantitative estimate of drug-likeness (QED) is 0.814. The number of aliphatic hydroxyl groups is 1. The predicted molar refractivity (Wildman–Crippen MR) is 102 cm³/mol. The molecule has 0 aromatic heterocycles. The van der Waals surface area contributed by atoms with Gasteiger partial charge in [-0.2, -0.15) is 0 Å². The largest absolute Gasteiger partial charge is 0.392 e. The first-order valence-electron chi connectivity index (χ1n) is 10.2. The zero-order valence-electron chi connectivity index (χ0n) is 15.7. The fraction of sp³-hybridized carbons (Fsp3) is 0.619. The van der Waals surface area contributed by atoms with E-state index < -0.39 is 6.10 Å². The fourth-order valence-corrected chi connectivity index (χ4v) is 4.26. The van der Waals surface area contributed by atoms with E-state index in [4.69, 9.17) is 0 Å². The molecule has 2 aliphatic heterocycles. The first-order chi connectivity index (χ1) is 13.1. The second-order valence-electron chi connectivity index (χ2n) is 8.13. The lowest BCUT2D eigenvalue weighted by Crippen LogP contribution is -2.49. The molecule has 27 heavy (non-hydrogen) atoms. The third-order valence-electron chi connectivity index (χ3n) is 6.03. The lowest BCUT2D eigenvalue weighted by Gasteiger charge is -2.35. The van der Waals surface area contributed by atoms with Crippen LogP contribution in [0.5, 0.6) is 0 Å². The zero-order chi connectivity index (χ0) is 18.8. The highest BCUT2D eigenvalue weighted by Gasteiger charge is 2.38. The first-order valence-corrected chi connectivity index (χ1v) is 10.2. The molecule has 0 spiro atoms. The summed E-state index contributed by atoms with van der Waals surface area (Å²) < 4.78 is 0. The van der Waals surface area contributed by atoms with Crippen LogP contribution in [0.3, 0.4) is 0 Å². The number of nitrogens with zero attached hydrogens (tertiary/aromatic N) is 2. The number of aliphatic hydroxyl groups excluding tert-OH is 1. The van der Waals surface area contributed by atoms with Gasteiger partial charge in [0.15, 0.2) is 0 Å². The number of likely N-dealkylation sites (tertiary alicyclic amines) is 1. The van der Waals surface area contributed by atoms with Gasteiger partial charge in [-0.05, 0) is 37.7 Å². The zero-order valence-corrected chi connectivity index (χ0v) is 15.7. The van der Waals surface area contributed by atoms with Crippen molar-refractivity contribution in [2.45, 2.75) is 56.8 Å². The average Bonchev–Trinajstić information content (AvgIpc) is 3.46. The Kier molecular flexibility index (Phi) is 5.45. The van der Waals surface area contributed by atoms with Gasteiger partial charge in [0.25, 0.3) is 0 Å². The van der Waals surface area contributed by atoms with Gasteiger partial charge in [0.1, 0.15) is 0 Å². The Labute approximate surface area is 160 Å². The van der Waals surface area contributed by atoms with Gasteiger partial charge in [-0.3, -0.25) is 9.59 Å². The molecule has 3 fully saturated rings. The second-order valence-corrected chi connectivity index (χ2v) is 8.13. The van der Waals surface area contributed by atoms with Crippen LogP contribution in [0.2, 0.25) is 0 Å². The average molecular weight is 371 g/mol. The molecule has 2 N–H and O–H groups in total. The Morgan fingerprint density at radius 1 is 1.11 bits per heavy atom. The first kappa shape index (κ1) is 18.4. The number of hydrogen-bond acceptors (Lipinski definition) is 4. The maximum Gasteiger partial charge on any atom is 0.239 e. The summed E-state index contributed by atoms with van der Waals surface area (Å²) >= 11 is 0. The number of carbonyl (C=O) groups is 2. The molecule has 2 heterocycles. The van der Waals surface area contributed by atoms with E-state index in [1.807, 2.05) is 23.1 Å². The van der Waals surface area contributed by atoms with Crippen molar-refractivity contribution in [1.29, 1.82) is 0 Å². The number of rotatable bonds is 5. The molecule has 6 heteroatoms. The van der Waals surface area contributed by atoms with Gasteiger partial charge in [0.05, 0.1) is 12.1 Å². The van der Waals surface area contributed by atoms with Crippen LogP contribution < -0.4 is 5.32 Å². The molecular weight excluding hydrogens is 342 g/mol. The summed E-state index contributed by atoms with van der Waals surface area (Å²) in [6.07, 6.45) is 3.74. The molecule has 2 unspecified atom stereocenters. The number of benzene rings is 1. The molecule has 2 saturated heterocycles. The Morgan fingerprint density at radius 2 is 1.81 bits per heavy atom. The van der Waals surface area contributed by atoms with E-state index >= 15 is 0 Å². The van der Waals surface area contributed by atoms with Gasteiger partial charge in [0, 0.05) is 38.1 Å². The Morgan fingerprint density at radius 3 is 2.41 bits per heavy atom. The predicted octanol–water partition coefficient (Wildman–Crippen LogP) is 1.14. The molecule has 2 amide bonds. The van der Waals surface area contributed by atoms with E-state index in [-0.39, 0.29) is 23.8 Å². The molecule has 1 aliphatic carbocycles. The Hall–Kier alpha value is -1.92. The van der Waals surface area contributed by atoms with Crippen LogP contribution in [0, 0.1) is 5.92 Å². The third kappa shape index (κ3) is 4.33. The van der Waals surface area contributed by atoms with Gasteiger partial charge >= 0.3 is 0 Å². The van der Waals surface area contributed by atoms with Gasteiger partial charge in [-0.1, -0.05) is 30.3 Å². The SMILES string of the molecule is O=C(C1CC(O)CN1)N1CCC(C(=O)N(Cc2ccccc2)C2CC2)CC1. The maximum atomic E-state index is 13.1. The van der Waals surface area contributed by atoms with Gasteiger partial charge in [-0.15, -0.1) is 0 Å². The highest BCUT2D eigenvalue weighted by atomic mass is 16.3. The van der Waals surface area contributed by atoms with Crippen molar-refractivity contribution in [1.82, 2.24) is 15.1 Å². The van der Waals surface area contributed by atoms with E-state index in [2.05, 4.69) is 22.3 Å². The summed E-state index contributed by atoms with van der Waals surface area (Å²) in [5.74, 6) is 0.337. The van der Waals surface area contributed by atoms with Crippen LogP contribution in [0.1, 0.15) is 37.7 Å². The lowest BCUT2D eigenvalue weighted by molar-refractivity contribution is -0.142. The molecular formula is C21H29N3O3. The minimum Gasteiger partial charge on any atom is -0.392 e. The number of β-amino-alcohol motifs (C(OH)–C–C–N with tert-alkyl or cyclic N) is 1. The molecule has 3 aliphatic rings. The molecule has 6 nitrogen and oxygen atoms in total. The summed E-state index contributed by atoms with van der Waals surface area (Å²) in [6, 6.07) is 10.3. The van der Waals surface area contributed by atoms with E-state index in [9.17, 15) is 14.7 Å². The molecule has 1 aromatic rings. The highest BCUT2D eigenvalue weighted by Crippen LogP contribution is 2.32. The topological polar surface area (TPSA) is 72.9 Å². The van der Waals surface area contributed by atoms with Crippen molar-refractivity contribution in [2.24, 2.45) is 5.92 Å². The highest BCUT2D eigenvalue weighted by molar-refractivity contribution is 5.83. The summed E-state index contributed by atoms with van der Waals surface area (Å²) in [5, 5.41) is 12.7. The van der Waals surface area contributed by atoms with Crippen LogP contribution in [-0.4, -0.2) is 64.5 Å². The summed E-state index contributed by atoms with van der Waals surface area (Å²) in [7, 11) is 0. The minimum absolute atomic E-state index is 0.0143. The second kappa shape index (κ2) is 7.98. The van der Waals surface area contributed by atoms with E-state index in [1.165, 1.54) is 5.56 Å². The molecule has 0 bridgehead atoms. The number of hydrogen-bond donors (Lipinski definition) is 2. The van der Waals surface area contributed by atoms with Gasteiger partial charge < -0.3 is 20.2 Å². The van der Waals surface area contributed by atoms with Crippen molar-refractivity contribution in [3.05, 3.63) is 35.9 Å². The van der Waals surface area contributed by atoms with E-state index in [0.29, 0.717) is 38.6 Å². The van der Waals surface area contributed by atoms with Crippen molar-refractivity contribution in [3.63, 3.8) is 0 Å². The molecule has 146 valence electrons. The fourth-order valence-electron chi connectivity index (χ4n) is 4.26. The van der Waals surface area contributed by atoms with Crippen molar-refractivity contribution in [3.8, 4) is 0 Å². The van der Waals surface area contributed by atoms with Crippen LogP contribution >= 0.6 is 0 Å². The van der Waals surface area contributed by atoms with Crippen LogP contribution in [0.15, 0.2) is 30.3 Å². The van der Waals surface area contributed by atoms with E-state index in [0.717, 1.165) is 25.7 Å². The number of amides is 2. The number of nitrogens with one attached hydrogen (secondary N) is 1. The van der Waals surface area contributed by atoms with Gasteiger partial charge in [0.2, 0.25) is 11.8 Å². The van der Waals surface area contributed by atoms with Crippen molar-refractivity contribution < 1.29 is 14.7 Å². The summed E-state index contributed by atoms with van der Waals surface area (Å²) in [5.41, 5.74) is 1.18. The molecule has 4 rings (SSSR count). The van der Waals surface area contributed by atoms with Crippen molar-refractivity contribution in [2.75, 3.05) is 19.6 Å². The molecule has 1 aromatic carbocycles. The van der Waals surface area contributed by atoms with E-state index in [1.54, 1.807) is 0 Å². The van der Waals surface area contributed by atoms with Crippen LogP contribution in [0.25, 0.3) is 0 Å². The Balaban J connectivity index is 1.32. The maximum absolute atomic E-state index is 13.1.